The molecule has 0 spiro atoms. The average molecular weight is 192 g/mol. The number of rotatable bonds is 0. The monoisotopic (exact) mass is 192 g/mol. The number of benzene rings is 1. The zero-order valence-corrected chi connectivity index (χ0v) is 9.53. The minimum absolute atomic E-state index is 1.34. The van der Waals surface area contributed by atoms with Crippen molar-refractivity contribution >= 4 is 21.4 Å². The van der Waals surface area contributed by atoms with E-state index >= 15 is 0 Å². The third-order valence-corrected chi connectivity index (χ3v) is 2.83. The molecule has 0 bridgehead atoms. The second kappa shape index (κ2) is 4.43. The maximum Gasteiger partial charge on any atom is 0.0345 e. The molecular formula is C12H16S. The largest absolute Gasteiger partial charge is 0.141 e. The summed E-state index contributed by atoms with van der Waals surface area (Å²) in [6, 6.07) is 8.84. The normalized spacial score (nSPS) is 9.54. The molecule has 0 N–H and O–H groups in total. The molecule has 0 aliphatic carbocycles. The van der Waals surface area contributed by atoms with Crippen molar-refractivity contribution in [1.82, 2.24) is 0 Å². The number of aryl methyl sites for hydroxylation is 2. The summed E-state index contributed by atoms with van der Waals surface area (Å²) in [6.07, 6.45) is 0. The molecule has 1 aromatic heterocycles. The van der Waals surface area contributed by atoms with E-state index in [1.165, 1.54) is 20.5 Å². The first-order chi connectivity index (χ1) is 6.25. The molecule has 1 aromatic carbocycles. The minimum Gasteiger partial charge on any atom is -0.141 e. The van der Waals surface area contributed by atoms with Gasteiger partial charge in [-0.15, -0.1) is 11.3 Å². The van der Waals surface area contributed by atoms with Crippen LogP contribution in [0, 0.1) is 13.8 Å². The Bertz CT molecular complexity index is 385. The molecule has 13 heavy (non-hydrogen) atoms. The zero-order chi connectivity index (χ0) is 9.84. The summed E-state index contributed by atoms with van der Waals surface area (Å²) >= 11 is 1.86. The summed E-state index contributed by atoms with van der Waals surface area (Å²) in [5.74, 6) is 0. The Balaban J connectivity index is 0.000000396. The molecule has 0 atom stereocenters. The Labute approximate surface area is 84.2 Å². The van der Waals surface area contributed by atoms with E-state index < -0.39 is 0 Å². The van der Waals surface area contributed by atoms with Crippen molar-refractivity contribution in [3.05, 3.63) is 34.7 Å². The summed E-state index contributed by atoms with van der Waals surface area (Å²) in [7, 11) is 0. The number of hydrogen-bond donors (Lipinski definition) is 0. The first-order valence-electron chi connectivity index (χ1n) is 4.72. The summed E-state index contributed by atoms with van der Waals surface area (Å²) in [5.41, 5.74) is 1.34. The fourth-order valence-corrected chi connectivity index (χ4v) is 2.20. The van der Waals surface area contributed by atoms with Crippen LogP contribution in [0.4, 0.5) is 0 Å². The first kappa shape index (κ1) is 10.3. The van der Waals surface area contributed by atoms with Gasteiger partial charge in [0, 0.05) is 9.58 Å². The maximum absolute atomic E-state index is 2.24. The smallest absolute Gasteiger partial charge is 0.0345 e. The Morgan fingerprint density at radius 3 is 2.38 bits per heavy atom. The standard InChI is InChI=1S/C10H10S.C2H6/c1-7-3-4-10-9(5-7)6-8(2)11-10;1-2/h3-6H,1-2H3;1-2H3. The van der Waals surface area contributed by atoms with Crippen LogP contribution >= 0.6 is 11.3 Å². The van der Waals surface area contributed by atoms with E-state index in [-0.39, 0.29) is 0 Å². The molecule has 0 saturated carbocycles. The van der Waals surface area contributed by atoms with E-state index in [0.29, 0.717) is 0 Å². The summed E-state index contributed by atoms with van der Waals surface area (Å²) in [6.45, 7) is 8.28. The Morgan fingerprint density at radius 1 is 1.00 bits per heavy atom. The van der Waals surface area contributed by atoms with Gasteiger partial charge in [0.2, 0.25) is 0 Å². The topological polar surface area (TPSA) is 0 Å². The van der Waals surface area contributed by atoms with Gasteiger partial charge in [0.05, 0.1) is 0 Å². The van der Waals surface area contributed by atoms with E-state index in [9.17, 15) is 0 Å². The SMILES string of the molecule is CC.Cc1ccc2sc(C)cc2c1. The molecule has 0 nitrogen and oxygen atoms in total. The molecular weight excluding hydrogens is 176 g/mol. The van der Waals surface area contributed by atoms with Gasteiger partial charge < -0.3 is 0 Å². The Kier molecular flexibility index (Phi) is 3.49. The molecule has 0 unspecified atom stereocenters. The molecule has 1 heteroatoms. The summed E-state index contributed by atoms with van der Waals surface area (Å²) < 4.78 is 1.40. The molecule has 1 heterocycles. The van der Waals surface area contributed by atoms with Gasteiger partial charge in [-0.25, -0.2) is 0 Å². The van der Waals surface area contributed by atoms with E-state index in [2.05, 4.69) is 38.1 Å². The predicted octanol–water partition coefficient (Wildman–Crippen LogP) is 4.54. The lowest BCUT2D eigenvalue weighted by Gasteiger charge is -1.89. The first-order valence-corrected chi connectivity index (χ1v) is 5.54. The highest BCUT2D eigenvalue weighted by Gasteiger charge is 1.96. The highest BCUT2D eigenvalue weighted by atomic mass is 32.1. The van der Waals surface area contributed by atoms with E-state index in [1.807, 2.05) is 25.2 Å². The molecule has 2 aromatic rings. The highest BCUT2D eigenvalue weighted by Crippen LogP contribution is 2.25. The van der Waals surface area contributed by atoms with Crippen LogP contribution in [0.1, 0.15) is 24.3 Å². The minimum atomic E-state index is 1.34. The van der Waals surface area contributed by atoms with Gasteiger partial charge in [-0.3, -0.25) is 0 Å². The van der Waals surface area contributed by atoms with E-state index in [0.717, 1.165) is 0 Å². The van der Waals surface area contributed by atoms with Gasteiger partial charge in [-0.2, -0.15) is 0 Å². The lowest BCUT2D eigenvalue weighted by molar-refractivity contribution is 1.50. The predicted molar refractivity (Wildman–Crippen MR) is 62.6 cm³/mol. The second-order valence-corrected chi connectivity index (χ2v) is 4.19. The lowest BCUT2D eigenvalue weighted by atomic mass is 10.2. The van der Waals surface area contributed by atoms with Crippen LogP contribution in [0.2, 0.25) is 0 Å². The maximum atomic E-state index is 2.24. The van der Waals surface area contributed by atoms with Crippen LogP contribution in [0.3, 0.4) is 0 Å². The fraction of sp³-hybridized carbons (Fsp3) is 0.333. The quantitative estimate of drug-likeness (QED) is 0.574. The van der Waals surface area contributed by atoms with Crippen LogP contribution < -0.4 is 0 Å². The summed E-state index contributed by atoms with van der Waals surface area (Å²) in [4.78, 5) is 1.39. The number of fused-ring (bicyclic) bond motifs is 1. The molecule has 0 amide bonds. The Hall–Kier alpha value is -0.820. The van der Waals surface area contributed by atoms with Gasteiger partial charge in [-0.05, 0) is 31.4 Å². The molecule has 2 rings (SSSR count). The van der Waals surface area contributed by atoms with Crippen LogP contribution in [0.15, 0.2) is 24.3 Å². The molecule has 0 aliphatic heterocycles. The molecule has 0 fully saturated rings. The third-order valence-electron chi connectivity index (χ3n) is 1.80. The van der Waals surface area contributed by atoms with Crippen molar-refractivity contribution in [3.63, 3.8) is 0 Å². The number of thiophene rings is 1. The van der Waals surface area contributed by atoms with Crippen molar-refractivity contribution in [1.29, 1.82) is 0 Å². The van der Waals surface area contributed by atoms with E-state index in [4.69, 9.17) is 0 Å². The van der Waals surface area contributed by atoms with Gasteiger partial charge in [0.15, 0.2) is 0 Å². The summed E-state index contributed by atoms with van der Waals surface area (Å²) in [5, 5.41) is 1.38. The number of hydrogen-bond acceptors (Lipinski definition) is 1. The third kappa shape index (κ3) is 2.31. The van der Waals surface area contributed by atoms with Gasteiger partial charge in [-0.1, -0.05) is 31.5 Å². The van der Waals surface area contributed by atoms with Crippen molar-refractivity contribution in [2.45, 2.75) is 27.7 Å². The van der Waals surface area contributed by atoms with Crippen LogP contribution in [-0.2, 0) is 0 Å². The van der Waals surface area contributed by atoms with Crippen molar-refractivity contribution in [3.8, 4) is 0 Å². The van der Waals surface area contributed by atoms with Crippen molar-refractivity contribution in [2.75, 3.05) is 0 Å². The van der Waals surface area contributed by atoms with Crippen LogP contribution in [0.25, 0.3) is 10.1 Å². The van der Waals surface area contributed by atoms with Crippen LogP contribution in [0.5, 0.6) is 0 Å². The molecule has 0 radical (unpaired) electrons. The van der Waals surface area contributed by atoms with Crippen LogP contribution in [-0.4, -0.2) is 0 Å². The molecule has 0 aliphatic rings. The van der Waals surface area contributed by atoms with Crippen molar-refractivity contribution < 1.29 is 0 Å². The van der Waals surface area contributed by atoms with Gasteiger partial charge in [0.1, 0.15) is 0 Å². The lowest BCUT2D eigenvalue weighted by Crippen LogP contribution is -1.67. The average Bonchev–Trinajstić information content (AvgIpc) is 2.48. The Morgan fingerprint density at radius 2 is 1.69 bits per heavy atom. The van der Waals surface area contributed by atoms with E-state index in [1.54, 1.807) is 0 Å². The van der Waals surface area contributed by atoms with Gasteiger partial charge >= 0.3 is 0 Å². The van der Waals surface area contributed by atoms with Crippen molar-refractivity contribution in [2.24, 2.45) is 0 Å². The highest BCUT2D eigenvalue weighted by molar-refractivity contribution is 7.19. The molecule has 70 valence electrons. The van der Waals surface area contributed by atoms with Gasteiger partial charge in [0.25, 0.3) is 0 Å². The fourth-order valence-electron chi connectivity index (χ4n) is 1.30. The second-order valence-electron chi connectivity index (χ2n) is 2.90. The zero-order valence-electron chi connectivity index (χ0n) is 8.72. The molecule has 0 saturated heterocycles.